The van der Waals surface area contributed by atoms with Crippen molar-refractivity contribution in [3.05, 3.63) is 29.3 Å². The average Bonchev–Trinajstić information content (AvgIpc) is 2.71. The van der Waals surface area contributed by atoms with Gasteiger partial charge in [0.25, 0.3) is 0 Å². The van der Waals surface area contributed by atoms with Gasteiger partial charge in [-0.1, -0.05) is 32.9 Å². The molecule has 1 heterocycles. The third kappa shape index (κ3) is 3.16. The molecule has 0 aliphatic rings. The van der Waals surface area contributed by atoms with Crippen LogP contribution in [0.4, 0.5) is 0 Å². The van der Waals surface area contributed by atoms with Crippen LogP contribution in [-0.4, -0.2) is 10.8 Å². The molecule has 0 N–H and O–H groups in total. The molecule has 0 bridgehead atoms. The van der Waals surface area contributed by atoms with Gasteiger partial charge < -0.3 is 0 Å². The van der Waals surface area contributed by atoms with E-state index >= 15 is 0 Å². The maximum absolute atomic E-state index is 12.2. The normalized spacial score (nSPS) is 13.1. The standard InChI is InChI=1S/C15H19NOS/c1-10(2)8-11(3)9-13(17)15-16-12-6-4-5-7-14(12)18-15/h4-7,10-11H,8-9H2,1-3H3. The second-order valence-electron chi connectivity index (χ2n) is 5.35. The number of aromatic nitrogens is 1. The summed E-state index contributed by atoms with van der Waals surface area (Å²) in [5.74, 6) is 1.26. The topological polar surface area (TPSA) is 30.0 Å². The highest BCUT2D eigenvalue weighted by Gasteiger charge is 2.16. The molecule has 0 aliphatic carbocycles. The number of rotatable bonds is 5. The number of para-hydroxylation sites is 1. The van der Waals surface area contributed by atoms with Gasteiger partial charge in [-0.25, -0.2) is 4.98 Å². The molecule has 3 heteroatoms. The van der Waals surface area contributed by atoms with Gasteiger partial charge in [-0.3, -0.25) is 4.79 Å². The summed E-state index contributed by atoms with van der Waals surface area (Å²) >= 11 is 1.51. The molecular weight excluding hydrogens is 242 g/mol. The molecule has 0 amide bonds. The van der Waals surface area contributed by atoms with Gasteiger partial charge in [0.1, 0.15) is 0 Å². The molecular formula is C15H19NOS. The fourth-order valence-electron chi connectivity index (χ4n) is 2.28. The largest absolute Gasteiger partial charge is 0.292 e. The molecule has 96 valence electrons. The predicted octanol–water partition coefficient (Wildman–Crippen LogP) is 4.55. The lowest BCUT2D eigenvalue weighted by atomic mass is 9.94. The van der Waals surface area contributed by atoms with Crippen molar-refractivity contribution in [2.75, 3.05) is 0 Å². The lowest BCUT2D eigenvalue weighted by Crippen LogP contribution is -2.08. The second kappa shape index (κ2) is 5.61. The van der Waals surface area contributed by atoms with Gasteiger partial charge in [-0.15, -0.1) is 11.3 Å². The molecule has 2 aromatic rings. The van der Waals surface area contributed by atoms with Crippen molar-refractivity contribution in [2.45, 2.75) is 33.6 Å². The van der Waals surface area contributed by atoms with Crippen LogP contribution in [0.1, 0.15) is 43.4 Å². The lowest BCUT2D eigenvalue weighted by molar-refractivity contribution is 0.0960. The number of nitrogens with zero attached hydrogens (tertiary/aromatic N) is 1. The Kier molecular flexibility index (Phi) is 4.12. The van der Waals surface area contributed by atoms with Crippen LogP contribution in [0.2, 0.25) is 0 Å². The summed E-state index contributed by atoms with van der Waals surface area (Å²) < 4.78 is 1.09. The number of Topliss-reactive ketones (excluding diaryl/α,β-unsaturated/α-hetero) is 1. The number of ketones is 1. The van der Waals surface area contributed by atoms with E-state index in [1.165, 1.54) is 11.3 Å². The van der Waals surface area contributed by atoms with E-state index in [1.54, 1.807) is 0 Å². The molecule has 1 unspecified atom stereocenters. The van der Waals surface area contributed by atoms with Crippen LogP contribution in [-0.2, 0) is 0 Å². The fraction of sp³-hybridized carbons (Fsp3) is 0.467. The van der Waals surface area contributed by atoms with Crippen LogP contribution in [0.25, 0.3) is 10.2 Å². The third-order valence-electron chi connectivity index (χ3n) is 2.94. The summed E-state index contributed by atoms with van der Waals surface area (Å²) in [4.78, 5) is 16.6. The summed E-state index contributed by atoms with van der Waals surface area (Å²) in [6.07, 6.45) is 1.70. The van der Waals surface area contributed by atoms with E-state index in [0.717, 1.165) is 16.6 Å². The zero-order chi connectivity index (χ0) is 13.1. The number of carbonyl (C=O) groups excluding carboxylic acids is 1. The van der Waals surface area contributed by atoms with E-state index in [-0.39, 0.29) is 5.78 Å². The SMILES string of the molecule is CC(C)CC(C)CC(=O)c1nc2ccccc2s1. The molecule has 2 nitrogen and oxygen atoms in total. The fourth-order valence-corrected chi connectivity index (χ4v) is 3.20. The Bertz CT molecular complexity index is 511. The van der Waals surface area contributed by atoms with Crippen LogP contribution >= 0.6 is 11.3 Å². The Balaban J connectivity index is 2.09. The molecule has 0 fully saturated rings. The third-order valence-corrected chi connectivity index (χ3v) is 4.02. The predicted molar refractivity (Wildman–Crippen MR) is 77.2 cm³/mol. The summed E-state index contributed by atoms with van der Waals surface area (Å²) in [6.45, 7) is 6.53. The molecule has 0 saturated carbocycles. The molecule has 1 aromatic heterocycles. The smallest absolute Gasteiger partial charge is 0.191 e. The molecule has 0 spiro atoms. The highest BCUT2D eigenvalue weighted by Crippen LogP contribution is 2.24. The molecule has 1 atom stereocenters. The number of benzene rings is 1. The summed E-state index contributed by atoms with van der Waals surface area (Å²) in [5, 5.41) is 0.659. The number of fused-ring (bicyclic) bond motifs is 1. The summed E-state index contributed by atoms with van der Waals surface area (Å²) in [5.41, 5.74) is 0.933. The first-order valence-electron chi connectivity index (χ1n) is 6.45. The van der Waals surface area contributed by atoms with Crippen LogP contribution in [0, 0.1) is 11.8 Å². The van der Waals surface area contributed by atoms with Gasteiger partial charge >= 0.3 is 0 Å². The molecule has 0 saturated heterocycles. The minimum Gasteiger partial charge on any atom is -0.292 e. The Morgan fingerprint density at radius 3 is 2.67 bits per heavy atom. The van der Waals surface area contributed by atoms with Gasteiger partial charge in [0.15, 0.2) is 10.8 Å². The number of hydrogen-bond acceptors (Lipinski definition) is 3. The van der Waals surface area contributed by atoms with Gasteiger partial charge in [-0.05, 0) is 30.4 Å². The highest BCUT2D eigenvalue weighted by molar-refractivity contribution is 7.20. The molecule has 0 radical (unpaired) electrons. The Morgan fingerprint density at radius 1 is 1.28 bits per heavy atom. The van der Waals surface area contributed by atoms with Crippen molar-refractivity contribution in [3.63, 3.8) is 0 Å². The lowest BCUT2D eigenvalue weighted by Gasteiger charge is -2.11. The molecule has 2 rings (SSSR count). The van der Waals surface area contributed by atoms with Crippen LogP contribution in [0.15, 0.2) is 24.3 Å². The zero-order valence-electron chi connectivity index (χ0n) is 11.1. The quantitative estimate of drug-likeness (QED) is 0.739. The number of hydrogen-bond donors (Lipinski definition) is 0. The summed E-state index contributed by atoms with van der Waals surface area (Å²) in [7, 11) is 0. The van der Waals surface area contributed by atoms with Crippen molar-refractivity contribution >= 4 is 27.3 Å². The van der Waals surface area contributed by atoms with E-state index in [0.29, 0.717) is 23.3 Å². The van der Waals surface area contributed by atoms with Crippen LogP contribution < -0.4 is 0 Å². The first-order valence-corrected chi connectivity index (χ1v) is 7.26. The number of carbonyl (C=O) groups is 1. The Morgan fingerprint density at radius 2 is 2.00 bits per heavy atom. The van der Waals surface area contributed by atoms with Gasteiger partial charge in [0, 0.05) is 6.42 Å². The molecule has 0 aliphatic heterocycles. The van der Waals surface area contributed by atoms with Crippen molar-refractivity contribution < 1.29 is 4.79 Å². The molecule has 1 aromatic carbocycles. The van der Waals surface area contributed by atoms with E-state index in [4.69, 9.17) is 0 Å². The van der Waals surface area contributed by atoms with Crippen molar-refractivity contribution in [1.29, 1.82) is 0 Å². The van der Waals surface area contributed by atoms with Gasteiger partial charge in [0.05, 0.1) is 10.2 Å². The first-order chi connectivity index (χ1) is 8.56. The monoisotopic (exact) mass is 261 g/mol. The van der Waals surface area contributed by atoms with Crippen molar-refractivity contribution in [2.24, 2.45) is 11.8 Å². The van der Waals surface area contributed by atoms with Gasteiger partial charge in [0.2, 0.25) is 0 Å². The highest BCUT2D eigenvalue weighted by atomic mass is 32.1. The van der Waals surface area contributed by atoms with E-state index in [1.807, 2.05) is 24.3 Å². The van der Waals surface area contributed by atoms with E-state index < -0.39 is 0 Å². The van der Waals surface area contributed by atoms with Crippen molar-refractivity contribution in [1.82, 2.24) is 4.98 Å². The Hall–Kier alpha value is -1.22. The van der Waals surface area contributed by atoms with E-state index in [9.17, 15) is 4.79 Å². The molecule has 18 heavy (non-hydrogen) atoms. The maximum atomic E-state index is 12.2. The maximum Gasteiger partial charge on any atom is 0.191 e. The minimum absolute atomic E-state index is 0.185. The van der Waals surface area contributed by atoms with Crippen LogP contribution in [0.5, 0.6) is 0 Å². The van der Waals surface area contributed by atoms with E-state index in [2.05, 4.69) is 25.8 Å². The average molecular weight is 261 g/mol. The zero-order valence-corrected chi connectivity index (χ0v) is 12.0. The minimum atomic E-state index is 0.185. The van der Waals surface area contributed by atoms with Crippen molar-refractivity contribution in [3.8, 4) is 0 Å². The number of thiazole rings is 1. The second-order valence-corrected chi connectivity index (χ2v) is 6.38. The Labute approximate surface area is 112 Å². The summed E-state index contributed by atoms with van der Waals surface area (Å²) in [6, 6.07) is 7.91. The van der Waals surface area contributed by atoms with Crippen LogP contribution in [0.3, 0.4) is 0 Å². The first kappa shape index (κ1) is 13.2. The van der Waals surface area contributed by atoms with Gasteiger partial charge in [-0.2, -0.15) is 0 Å².